The van der Waals surface area contributed by atoms with Gasteiger partial charge < -0.3 is 14.3 Å². The number of nitrogens with zero attached hydrogens (tertiary/aromatic N) is 3. The lowest BCUT2D eigenvalue weighted by molar-refractivity contribution is 0.0519. The highest BCUT2D eigenvalue weighted by Gasteiger charge is 2.23. The van der Waals surface area contributed by atoms with Crippen molar-refractivity contribution in [2.24, 2.45) is 7.05 Å². The Labute approximate surface area is 171 Å². The van der Waals surface area contributed by atoms with Gasteiger partial charge in [0.15, 0.2) is 16.8 Å². The number of esters is 1. The molecule has 3 rings (SSSR count). The summed E-state index contributed by atoms with van der Waals surface area (Å²) in [6.07, 6.45) is 0. The number of aryl methyl sites for hydroxylation is 1. The first-order chi connectivity index (χ1) is 13.8. The van der Waals surface area contributed by atoms with Crippen LogP contribution < -0.4 is 0 Å². The predicted molar refractivity (Wildman–Crippen MR) is 108 cm³/mol. The number of rotatable bonds is 7. The maximum atomic E-state index is 14.0. The number of ether oxygens (including phenoxy) is 1. The van der Waals surface area contributed by atoms with Gasteiger partial charge in [0, 0.05) is 18.3 Å². The molecule has 0 unspecified atom stereocenters. The van der Waals surface area contributed by atoms with E-state index in [1.807, 2.05) is 0 Å². The van der Waals surface area contributed by atoms with Crippen LogP contribution in [-0.4, -0.2) is 43.9 Å². The average molecular weight is 416 g/mol. The van der Waals surface area contributed by atoms with Crippen molar-refractivity contribution in [1.29, 1.82) is 0 Å². The van der Waals surface area contributed by atoms with Gasteiger partial charge in [-0.2, -0.15) is 0 Å². The molecule has 0 aliphatic rings. The number of carbonyl (C=O) groups is 2. The number of thioether (sulfide) groups is 1. The van der Waals surface area contributed by atoms with Gasteiger partial charge in [-0.15, -0.1) is 10.2 Å². The Morgan fingerprint density at radius 1 is 1.24 bits per heavy atom. The van der Waals surface area contributed by atoms with Gasteiger partial charge in [0.05, 0.1) is 17.9 Å². The standard InChI is InChI=1S/C20H21FN4O3S/c1-5-28-19(27)17-11(2)16(12(3)22-17)15(26)10-29-20-24-23-18(25(20)4)13-8-6-7-9-14(13)21/h6-9,22H,5,10H2,1-4H3. The molecule has 0 saturated carbocycles. The number of Topliss-reactive ketones (excluding diaryl/α,β-unsaturated/α-hetero) is 1. The molecule has 152 valence electrons. The number of benzene rings is 1. The highest BCUT2D eigenvalue weighted by molar-refractivity contribution is 7.99. The molecule has 0 radical (unpaired) electrons. The number of aromatic amines is 1. The van der Waals surface area contributed by atoms with Crippen molar-refractivity contribution in [2.75, 3.05) is 12.4 Å². The van der Waals surface area contributed by atoms with E-state index >= 15 is 0 Å². The molecule has 9 heteroatoms. The molecule has 1 N–H and O–H groups in total. The third-order valence-electron chi connectivity index (χ3n) is 4.48. The zero-order valence-electron chi connectivity index (χ0n) is 16.6. The first-order valence-electron chi connectivity index (χ1n) is 9.01. The molecule has 0 saturated heterocycles. The summed E-state index contributed by atoms with van der Waals surface area (Å²) in [4.78, 5) is 27.7. The first kappa shape index (κ1) is 20.8. The van der Waals surface area contributed by atoms with E-state index in [1.165, 1.54) is 17.8 Å². The Hall–Kier alpha value is -2.94. The Balaban J connectivity index is 1.77. The average Bonchev–Trinajstić information content (AvgIpc) is 3.19. The van der Waals surface area contributed by atoms with E-state index in [-0.39, 0.29) is 29.7 Å². The Bertz CT molecular complexity index is 1070. The topological polar surface area (TPSA) is 89.9 Å². The fourth-order valence-corrected chi connectivity index (χ4v) is 3.88. The van der Waals surface area contributed by atoms with Crippen LogP contribution in [0.15, 0.2) is 29.4 Å². The Morgan fingerprint density at radius 2 is 1.97 bits per heavy atom. The van der Waals surface area contributed by atoms with Gasteiger partial charge in [-0.1, -0.05) is 23.9 Å². The van der Waals surface area contributed by atoms with E-state index in [1.54, 1.807) is 50.6 Å². The summed E-state index contributed by atoms with van der Waals surface area (Å²) < 4.78 is 20.7. The van der Waals surface area contributed by atoms with Crippen LogP contribution in [0, 0.1) is 19.7 Å². The predicted octanol–water partition coefficient (Wildman–Crippen LogP) is 3.72. The minimum absolute atomic E-state index is 0.102. The lowest BCUT2D eigenvalue weighted by Crippen LogP contribution is -2.09. The maximum absolute atomic E-state index is 14.0. The third-order valence-corrected chi connectivity index (χ3v) is 5.50. The number of halogens is 1. The Kier molecular flexibility index (Phi) is 6.17. The molecule has 0 spiro atoms. The van der Waals surface area contributed by atoms with Crippen molar-refractivity contribution >= 4 is 23.5 Å². The lowest BCUT2D eigenvalue weighted by atomic mass is 10.1. The van der Waals surface area contributed by atoms with Gasteiger partial charge >= 0.3 is 5.97 Å². The minimum atomic E-state index is -0.484. The van der Waals surface area contributed by atoms with Crippen LogP contribution >= 0.6 is 11.8 Å². The number of hydrogen-bond acceptors (Lipinski definition) is 6. The molecule has 2 heterocycles. The Morgan fingerprint density at radius 3 is 2.66 bits per heavy atom. The zero-order chi connectivity index (χ0) is 21.1. The van der Waals surface area contributed by atoms with Crippen molar-refractivity contribution < 1.29 is 18.7 Å². The zero-order valence-corrected chi connectivity index (χ0v) is 17.4. The number of nitrogens with one attached hydrogen (secondary N) is 1. The van der Waals surface area contributed by atoms with E-state index in [0.29, 0.717) is 33.4 Å². The largest absolute Gasteiger partial charge is 0.461 e. The molecule has 0 aliphatic heterocycles. The van der Waals surface area contributed by atoms with Crippen LogP contribution in [0.1, 0.15) is 39.0 Å². The molecule has 0 atom stereocenters. The van der Waals surface area contributed by atoms with Crippen molar-refractivity contribution in [3.63, 3.8) is 0 Å². The highest BCUT2D eigenvalue weighted by Crippen LogP contribution is 2.26. The molecule has 0 bridgehead atoms. The number of H-pyrrole nitrogens is 1. The van der Waals surface area contributed by atoms with E-state index in [4.69, 9.17) is 4.74 Å². The second kappa shape index (κ2) is 8.60. The molecule has 3 aromatic rings. The highest BCUT2D eigenvalue weighted by atomic mass is 32.2. The second-order valence-electron chi connectivity index (χ2n) is 6.40. The van der Waals surface area contributed by atoms with E-state index in [2.05, 4.69) is 15.2 Å². The summed E-state index contributed by atoms with van der Waals surface area (Å²) in [6.45, 7) is 5.44. The lowest BCUT2D eigenvalue weighted by Gasteiger charge is -2.05. The normalized spacial score (nSPS) is 10.9. The van der Waals surface area contributed by atoms with Crippen LogP contribution in [0.5, 0.6) is 0 Å². The summed E-state index contributed by atoms with van der Waals surface area (Å²) >= 11 is 1.20. The van der Waals surface area contributed by atoms with Crippen molar-refractivity contribution in [2.45, 2.75) is 25.9 Å². The SMILES string of the molecule is CCOC(=O)c1[nH]c(C)c(C(=O)CSc2nnc(-c3ccccc3F)n2C)c1C. The van der Waals surface area contributed by atoms with Gasteiger partial charge in [-0.05, 0) is 38.5 Å². The van der Waals surface area contributed by atoms with Crippen LogP contribution in [0.2, 0.25) is 0 Å². The molecule has 0 amide bonds. The second-order valence-corrected chi connectivity index (χ2v) is 7.34. The molecule has 1 aromatic carbocycles. The summed E-state index contributed by atoms with van der Waals surface area (Å²) in [5, 5.41) is 8.62. The van der Waals surface area contributed by atoms with Crippen LogP contribution in [0.25, 0.3) is 11.4 Å². The minimum Gasteiger partial charge on any atom is -0.461 e. The van der Waals surface area contributed by atoms with Gasteiger partial charge in [0.1, 0.15) is 11.5 Å². The van der Waals surface area contributed by atoms with Gasteiger partial charge in [0.25, 0.3) is 0 Å². The number of carbonyl (C=O) groups excluding carboxylic acids is 2. The van der Waals surface area contributed by atoms with Gasteiger partial charge in [-0.25, -0.2) is 9.18 Å². The summed E-state index contributed by atoms with van der Waals surface area (Å²) in [7, 11) is 1.72. The number of ketones is 1. The van der Waals surface area contributed by atoms with Crippen LogP contribution in [0.4, 0.5) is 4.39 Å². The quantitative estimate of drug-likeness (QED) is 0.359. The summed E-state index contributed by atoms with van der Waals surface area (Å²) in [5.41, 5.74) is 2.28. The molecule has 29 heavy (non-hydrogen) atoms. The molecule has 2 aromatic heterocycles. The van der Waals surface area contributed by atoms with Crippen molar-refractivity contribution in [1.82, 2.24) is 19.7 Å². The smallest absolute Gasteiger partial charge is 0.355 e. The van der Waals surface area contributed by atoms with Crippen molar-refractivity contribution in [3.05, 3.63) is 52.6 Å². The monoisotopic (exact) mass is 416 g/mol. The molecule has 0 aliphatic carbocycles. The fraction of sp³-hybridized carbons (Fsp3) is 0.300. The van der Waals surface area contributed by atoms with Crippen LogP contribution in [-0.2, 0) is 11.8 Å². The molecule has 0 fully saturated rings. The summed E-state index contributed by atoms with van der Waals surface area (Å²) in [6, 6.07) is 6.32. The number of hydrogen-bond donors (Lipinski definition) is 1. The van der Waals surface area contributed by atoms with Crippen molar-refractivity contribution in [3.8, 4) is 11.4 Å². The molecular weight excluding hydrogens is 395 g/mol. The first-order valence-corrected chi connectivity index (χ1v) is 10.00. The number of aromatic nitrogens is 4. The van der Waals surface area contributed by atoms with E-state index in [9.17, 15) is 14.0 Å². The third kappa shape index (κ3) is 4.09. The molecular formula is C20H21FN4O3S. The van der Waals surface area contributed by atoms with Gasteiger partial charge in [-0.3, -0.25) is 4.79 Å². The van der Waals surface area contributed by atoms with E-state index < -0.39 is 5.97 Å². The maximum Gasteiger partial charge on any atom is 0.355 e. The summed E-state index contributed by atoms with van der Waals surface area (Å²) in [5.74, 6) is -0.530. The molecule has 7 nitrogen and oxygen atoms in total. The fourth-order valence-electron chi connectivity index (χ4n) is 3.10. The van der Waals surface area contributed by atoms with Gasteiger partial charge in [0.2, 0.25) is 0 Å². The van der Waals surface area contributed by atoms with E-state index in [0.717, 1.165) is 0 Å². The van der Waals surface area contributed by atoms with Crippen LogP contribution in [0.3, 0.4) is 0 Å².